The number of hydrogen-bond acceptors (Lipinski definition) is 3. The van der Waals surface area contributed by atoms with Crippen molar-refractivity contribution in [2.45, 2.75) is 0 Å². The first-order valence-electron chi connectivity index (χ1n) is 19.4. The molecule has 0 N–H and O–H groups in total. The van der Waals surface area contributed by atoms with Gasteiger partial charge in [-0.1, -0.05) is 0 Å². The van der Waals surface area contributed by atoms with E-state index in [4.69, 9.17) is 9.97 Å². The molecule has 3 aromatic heterocycles. The summed E-state index contributed by atoms with van der Waals surface area (Å²) in [5.74, 6) is 0.738. The van der Waals surface area contributed by atoms with Crippen molar-refractivity contribution in [2.24, 2.45) is 0 Å². The van der Waals surface area contributed by atoms with E-state index < -0.39 is 13.3 Å². The summed E-state index contributed by atoms with van der Waals surface area (Å²) in [6.45, 7) is 0. The monoisotopic (exact) mass is 805 g/mol. The number of hydrogen-bond donors (Lipinski definition) is 0. The van der Waals surface area contributed by atoms with Gasteiger partial charge in [0.1, 0.15) is 0 Å². The zero-order valence-electron chi connectivity index (χ0n) is 30.8. The number of nitrogens with zero attached hydrogens (tertiary/aromatic N) is 3. The average molecular weight is 805 g/mol. The van der Waals surface area contributed by atoms with Gasteiger partial charge in [-0.3, -0.25) is 0 Å². The molecule has 8 aromatic carbocycles. The van der Waals surface area contributed by atoms with Crippen LogP contribution in [-0.4, -0.2) is 27.8 Å². The molecule has 1 aliphatic rings. The summed E-state index contributed by atoms with van der Waals surface area (Å²) in [7, 11) is 0. The summed E-state index contributed by atoms with van der Waals surface area (Å²) >= 11 is -1.92. The average Bonchev–Trinajstić information content (AvgIpc) is 3.92. The molecule has 266 valence electrons. The first kappa shape index (κ1) is 32.6. The Morgan fingerprint density at radius 3 is 1.75 bits per heavy atom. The SMILES string of the molecule is c1ccc(-c2nc(-c3ccccc3-n3c4ccccc4c4cc5c(cc43)sc3ccccc35)[c]3c(n2)-c2cccc[c]2[Ge]3([c]2ccccc2)[c]2ccccc2)cc1. The second-order valence-electron chi connectivity index (χ2n) is 14.8. The minimum absolute atomic E-state index is 0.738. The van der Waals surface area contributed by atoms with E-state index in [0.29, 0.717) is 0 Å². The molecule has 12 rings (SSSR count). The van der Waals surface area contributed by atoms with Crippen LogP contribution in [0.3, 0.4) is 0 Å². The fraction of sp³-hybridized carbons (Fsp3) is 0. The number of rotatable bonds is 5. The maximum atomic E-state index is 5.75. The van der Waals surface area contributed by atoms with Gasteiger partial charge in [0.25, 0.3) is 0 Å². The van der Waals surface area contributed by atoms with Gasteiger partial charge in [-0.15, -0.1) is 0 Å². The van der Waals surface area contributed by atoms with Gasteiger partial charge >= 0.3 is 338 Å². The maximum absolute atomic E-state index is 5.75. The van der Waals surface area contributed by atoms with E-state index in [1.807, 2.05) is 11.3 Å². The van der Waals surface area contributed by atoms with Crippen molar-refractivity contribution < 1.29 is 0 Å². The molecule has 0 bridgehead atoms. The normalized spacial score (nSPS) is 13.1. The number of aromatic nitrogens is 3. The van der Waals surface area contributed by atoms with Crippen LogP contribution < -0.4 is 17.6 Å². The molecule has 0 aliphatic carbocycles. The Kier molecular flexibility index (Phi) is 7.28. The van der Waals surface area contributed by atoms with Crippen molar-refractivity contribution in [1.82, 2.24) is 14.5 Å². The molecule has 0 saturated carbocycles. The van der Waals surface area contributed by atoms with Crippen molar-refractivity contribution in [3.05, 3.63) is 200 Å². The second kappa shape index (κ2) is 12.7. The van der Waals surface area contributed by atoms with Crippen LogP contribution in [-0.2, 0) is 0 Å². The summed E-state index contributed by atoms with van der Waals surface area (Å²) < 4.78 is 10.5. The van der Waals surface area contributed by atoms with E-state index in [2.05, 4.69) is 205 Å². The Balaban J connectivity index is 1.24. The van der Waals surface area contributed by atoms with Gasteiger partial charge in [0.2, 0.25) is 0 Å². The van der Waals surface area contributed by atoms with Crippen LogP contribution in [0.4, 0.5) is 0 Å². The van der Waals surface area contributed by atoms with Gasteiger partial charge < -0.3 is 0 Å². The molecule has 57 heavy (non-hydrogen) atoms. The third-order valence-corrected chi connectivity index (χ3v) is 23.2. The Hall–Kier alpha value is -6.60. The summed E-state index contributed by atoms with van der Waals surface area (Å²) in [5.41, 5.74) is 8.85. The molecular weight excluding hydrogens is 771 g/mol. The molecule has 0 fully saturated rings. The molecular formula is C52H33GeN3S. The second-order valence-corrected chi connectivity index (χ2v) is 23.7. The molecule has 11 aromatic rings. The van der Waals surface area contributed by atoms with E-state index >= 15 is 0 Å². The molecule has 0 radical (unpaired) electrons. The van der Waals surface area contributed by atoms with Gasteiger partial charge in [0.05, 0.1) is 0 Å². The number of benzene rings is 8. The van der Waals surface area contributed by atoms with Gasteiger partial charge in [-0.25, -0.2) is 0 Å². The van der Waals surface area contributed by atoms with E-state index in [1.54, 1.807) is 0 Å². The van der Waals surface area contributed by atoms with Crippen LogP contribution >= 0.6 is 11.3 Å². The molecule has 1 aliphatic heterocycles. The van der Waals surface area contributed by atoms with E-state index in [9.17, 15) is 0 Å². The Bertz CT molecular complexity index is 3310. The van der Waals surface area contributed by atoms with E-state index in [1.165, 1.54) is 65.1 Å². The minimum atomic E-state index is -3.78. The molecule has 4 heterocycles. The van der Waals surface area contributed by atoms with Crippen LogP contribution in [0, 0.1) is 0 Å². The molecule has 0 unspecified atom stereocenters. The number of thiophene rings is 1. The van der Waals surface area contributed by atoms with Crippen LogP contribution in [0.1, 0.15) is 0 Å². The Labute approximate surface area is 336 Å². The van der Waals surface area contributed by atoms with Crippen molar-refractivity contribution in [3.8, 4) is 39.6 Å². The molecule has 0 amide bonds. The van der Waals surface area contributed by atoms with Crippen LogP contribution in [0.15, 0.2) is 200 Å². The van der Waals surface area contributed by atoms with Gasteiger partial charge in [-0.2, -0.15) is 0 Å². The predicted octanol–water partition coefficient (Wildman–Crippen LogP) is 10.6. The van der Waals surface area contributed by atoms with Crippen molar-refractivity contribution >= 4 is 84.2 Å². The third-order valence-electron chi connectivity index (χ3n) is 11.9. The number of para-hydroxylation sites is 2. The van der Waals surface area contributed by atoms with Crippen LogP contribution in [0.25, 0.3) is 81.6 Å². The third kappa shape index (κ3) is 4.72. The number of fused-ring (bicyclic) bond motifs is 9. The van der Waals surface area contributed by atoms with Gasteiger partial charge in [-0.05, 0) is 0 Å². The predicted molar refractivity (Wildman–Crippen MR) is 243 cm³/mol. The summed E-state index contributed by atoms with van der Waals surface area (Å²) in [6.07, 6.45) is 0. The summed E-state index contributed by atoms with van der Waals surface area (Å²) in [4.78, 5) is 11.3. The zero-order valence-corrected chi connectivity index (χ0v) is 33.7. The van der Waals surface area contributed by atoms with Crippen molar-refractivity contribution in [2.75, 3.05) is 0 Å². The molecule has 0 spiro atoms. The first-order valence-corrected chi connectivity index (χ1v) is 24.4. The van der Waals surface area contributed by atoms with Crippen LogP contribution in [0.2, 0.25) is 0 Å². The van der Waals surface area contributed by atoms with E-state index in [-0.39, 0.29) is 0 Å². The fourth-order valence-electron chi connectivity index (χ4n) is 9.53. The van der Waals surface area contributed by atoms with Crippen molar-refractivity contribution in [1.29, 1.82) is 0 Å². The molecule has 0 atom stereocenters. The molecule has 5 heteroatoms. The molecule has 3 nitrogen and oxygen atoms in total. The Morgan fingerprint density at radius 1 is 0.421 bits per heavy atom. The summed E-state index contributed by atoms with van der Waals surface area (Å²) in [6, 6.07) is 73.4. The quantitative estimate of drug-likeness (QED) is 0.162. The first-order chi connectivity index (χ1) is 28.3. The summed E-state index contributed by atoms with van der Waals surface area (Å²) in [5, 5.41) is 5.11. The Morgan fingerprint density at radius 2 is 1.00 bits per heavy atom. The van der Waals surface area contributed by atoms with E-state index in [0.717, 1.165) is 34.0 Å². The van der Waals surface area contributed by atoms with Gasteiger partial charge in [0, 0.05) is 0 Å². The fourth-order valence-corrected chi connectivity index (χ4v) is 21.6. The van der Waals surface area contributed by atoms with Crippen LogP contribution in [0.5, 0.6) is 0 Å². The zero-order chi connectivity index (χ0) is 37.5. The standard InChI is InChI=1S/C52H33GeN3S/c1-4-18-34(19-5-1)52-54-50-39-26-10-14-28-43(39)53(35-20-6-2-7-21-35,36-22-8-3-9-23-36)49(50)51(55-52)40-27-12-16-30-45(40)56-44-29-15-11-24-37(44)41-32-42-38-25-13-17-31-47(38)57-48(42)33-46(41)56/h1-33H. The topological polar surface area (TPSA) is 30.7 Å². The molecule has 0 saturated heterocycles. The van der Waals surface area contributed by atoms with Crippen molar-refractivity contribution in [3.63, 3.8) is 0 Å². The van der Waals surface area contributed by atoms with Gasteiger partial charge in [0.15, 0.2) is 0 Å².